The van der Waals surface area contributed by atoms with E-state index < -0.39 is 5.97 Å². The van der Waals surface area contributed by atoms with Gasteiger partial charge in [0.05, 0.1) is 17.4 Å². The minimum Gasteiger partial charge on any atom is -0.484 e. The van der Waals surface area contributed by atoms with Crippen LogP contribution < -0.4 is 10.1 Å². The van der Waals surface area contributed by atoms with Gasteiger partial charge in [-0.1, -0.05) is 0 Å². The Bertz CT molecular complexity index is 496. The van der Waals surface area contributed by atoms with Gasteiger partial charge < -0.3 is 15.2 Å². The van der Waals surface area contributed by atoms with E-state index in [-0.39, 0.29) is 18.3 Å². The number of amides is 1. The molecule has 0 radical (unpaired) electrons. The van der Waals surface area contributed by atoms with Crippen molar-refractivity contribution in [2.24, 2.45) is 0 Å². The number of nitrogens with zero attached hydrogens (tertiary/aromatic N) is 1. The Morgan fingerprint density at radius 1 is 1.35 bits per heavy atom. The summed E-state index contributed by atoms with van der Waals surface area (Å²) in [7, 11) is 0. The van der Waals surface area contributed by atoms with Crippen LogP contribution in [0.15, 0.2) is 24.3 Å². The van der Waals surface area contributed by atoms with Crippen LogP contribution in [0.3, 0.4) is 0 Å². The molecule has 0 unspecified atom stereocenters. The van der Waals surface area contributed by atoms with Gasteiger partial charge in [0.2, 0.25) is 0 Å². The summed E-state index contributed by atoms with van der Waals surface area (Å²) < 4.78 is 5.24. The summed E-state index contributed by atoms with van der Waals surface area (Å²) in [6.45, 7) is 0.281. The van der Waals surface area contributed by atoms with Gasteiger partial charge in [0.25, 0.3) is 5.91 Å². The number of aliphatic carboxylic acids is 1. The third-order valence-corrected chi connectivity index (χ3v) is 3.09. The average molecular weight is 294 g/mol. The molecule has 6 nitrogen and oxygen atoms in total. The number of nitrogens with one attached hydrogen (secondary N) is 1. The fraction of sp³-hybridized carbons (Fsp3) is 0.308. The number of rotatable bonds is 8. The van der Waals surface area contributed by atoms with Crippen molar-refractivity contribution in [2.45, 2.75) is 0 Å². The lowest BCUT2D eigenvalue weighted by Crippen LogP contribution is -2.30. The fourth-order valence-corrected chi connectivity index (χ4v) is 1.81. The monoisotopic (exact) mass is 294 g/mol. The molecule has 0 aliphatic rings. The minimum atomic E-state index is -0.870. The number of ether oxygens (including phenoxy) is 1. The molecular formula is C13H14N2O4S. The topological polar surface area (TPSA) is 99.4 Å². The second-order valence-corrected chi connectivity index (χ2v) is 4.83. The molecule has 1 aromatic rings. The molecule has 0 aliphatic heterocycles. The molecule has 0 heterocycles. The van der Waals surface area contributed by atoms with Crippen LogP contribution in [0.1, 0.15) is 5.56 Å². The molecular weight excluding hydrogens is 280 g/mol. The highest BCUT2D eigenvalue weighted by molar-refractivity contribution is 7.99. The number of carbonyl (C=O) groups excluding carboxylic acids is 1. The smallest absolute Gasteiger partial charge is 0.313 e. The van der Waals surface area contributed by atoms with Gasteiger partial charge in [-0.25, -0.2) is 0 Å². The number of nitriles is 1. The van der Waals surface area contributed by atoms with Crippen LogP contribution in [0, 0.1) is 11.3 Å². The van der Waals surface area contributed by atoms with Crippen LogP contribution in [0.5, 0.6) is 5.75 Å². The predicted octanol–water partition coefficient (Wildman–Crippen LogP) is 0.871. The van der Waals surface area contributed by atoms with Crippen molar-refractivity contribution in [3.63, 3.8) is 0 Å². The normalized spacial score (nSPS) is 9.55. The molecule has 0 atom stereocenters. The van der Waals surface area contributed by atoms with E-state index >= 15 is 0 Å². The van der Waals surface area contributed by atoms with Crippen LogP contribution in [0.2, 0.25) is 0 Å². The Morgan fingerprint density at radius 2 is 2.05 bits per heavy atom. The fourth-order valence-electron chi connectivity index (χ4n) is 1.25. The number of hydrogen-bond acceptors (Lipinski definition) is 5. The minimum absolute atomic E-state index is 0.0254. The lowest BCUT2D eigenvalue weighted by atomic mass is 10.2. The average Bonchev–Trinajstić information content (AvgIpc) is 2.45. The van der Waals surface area contributed by atoms with Crippen molar-refractivity contribution in [2.75, 3.05) is 24.7 Å². The Morgan fingerprint density at radius 3 is 2.65 bits per heavy atom. The van der Waals surface area contributed by atoms with E-state index in [4.69, 9.17) is 15.1 Å². The van der Waals surface area contributed by atoms with E-state index in [1.165, 1.54) is 11.8 Å². The first-order chi connectivity index (χ1) is 9.61. The molecule has 0 fully saturated rings. The zero-order valence-electron chi connectivity index (χ0n) is 10.7. The Hall–Kier alpha value is -2.20. The molecule has 1 aromatic carbocycles. The largest absolute Gasteiger partial charge is 0.484 e. The molecule has 0 bridgehead atoms. The quantitative estimate of drug-likeness (QED) is 0.690. The van der Waals surface area contributed by atoms with E-state index in [1.54, 1.807) is 24.3 Å². The van der Waals surface area contributed by atoms with Gasteiger partial charge in [0, 0.05) is 12.3 Å². The van der Waals surface area contributed by atoms with Crippen molar-refractivity contribution >= 4 is 23.6 Å². The standard InChI is InChI=1S/C13H14N2O4S/c14-7-10-1-3-11(4-2-10)19-8-12(16)15-5-6-20-9-13(17)18/h1-4H,5-6,8-9H2,(H,15,16)(H,17,18). The molecule has 0 spiro atoms. The summed E-state index contributed by atoms with van der Waals surface area (Å²) in [5.74, 6) is -0.0675. The Labute approximate surface area is 120 Å². The molecule has 1 rings (SSSR count). The number of carboxylic acid groups (broad SMARTS) is 1. The number of hydrogen-bond donors (Lipinski definition) is 2. The zero-order valence-corrected chi connectivity index (χ0v) is 11.5. The van der Waals surface area contributed by atoms with E-state index in [0.29, 0.717) is 23.6 Å². The molecule has 7 heteroatoms. The van der Waals surface area contributed by atoms with E-state index in [1.807, 2.05) is 6.07 Å². The number of benzene rings is 1. The highest BCUT2D eigenvalue weighted by Gasteiger charge is 2.03. The van der Waals surface area contributed by atoms with Gasteiger partial charge >= 0.3 is 5.97 Å². The summed E-state index contributed by atoms with van der Waals surface area (Å²) in [5, 5.41) is 19.7. The maximum Gasteiger partial charge on any atom is 0.313 e. The number of thioether (sulfide) groups is 1. The van der Waals surface area contributed by atoms with Gasteiger partial charge in [-0.2, -0.15) is 5.26 Å². The van der Waals surface area contributed by atoms with Crippen molar-refractivity contribution in [1.82, 2.24) is 5.32 Å². The molecule has 0 saturated carbocycles. The molecule has 0 saturated heterocycles. The Kier molecular flexibility index (Phi) is 7.00. The third-order valence-electron chi connectivity index (χ3n) is 2.15. The van der Waals surface area contributed by atoms with Crippen molar-refractivity contribution in [1.29, 1.82) is 5.26 Å². The maximum absolute atomic E-state index is 11.4. The van der Waals surface area contributed by atoms with E-state index in [2.05, 4.69) is 5.32 Å². The van der Waals surface area contributed by atoms with Gasteiger partial charge in [0.15, 0.2) is 6.61 Å². The predicted molar refractivity (Wildman–Crippen MR) is 74.6 cm³/mol. The summed E-state index contributed by atoms with van der Waals surface area (Å²) in [5.41, 5.74) is 0.525. The SMILES string of the molecule is N#Cc1ccc(OCC(=O)NCCSCC(=O)O)cc1. The second-order valence-electron chi connectivity index (χ2n) is 3.72. The zero-order chi connectivity index (χ0) is 14.8. The molecule has 2 N–H and O–H groups in total. The van der Waals surface area contributed by atoms with Crippen LogP contribution in [-0.4, -0.2) is 41.6 Å². The lowest BCUT2D eigenvalue weighted by Gasteiger charge is -2.07. The highest BCUT2D eigenvalue weighted by Crippen LogP contribution is 2.11. The van der Waals surface area contributed by atoms with E-state index in [0.717, 1.165) is 0 Å². The van der Waals surface area contributed by atoms with Crippen LogP contribution >= 0.6 is 11.8 Å². The first kappa shape index (κ1) is 15.9. The van der Waals surface area contributed by atoms with Crippen molar-refractivity contribution in [3.8, 4) is 11.8 Å². The summed E-state index contributed by atoms with van der Waals surface area (Å²) in [6.07, 6.45) is 0. The van der Waals surface area contributed by atoms with Crippen molar-refractivity contribution < 1.29 is 19.4 Å². The third kappa shape index (κ3) is 6.66. The second kappa shape index (κ2) is 8.82. The van der Waals surface area contributed by atoms with Crippen molar-refractivity contribution in [3.05, 3.63) is 29.8 Å². The van der Waals surface area contributed by atoms with Gasteiger partial charge in [-0.3, -0.25) is 9.59 Å². The van der Waals surface area contributed by atoms with Gasteiger partial charge in [-0.15, -0.1) is 11.8 Å². The summed E-state index contributed by atoms with van der Waals surface area (Å²) >= 11 is 1.24. The van der Waals surface area contributed by atoms with Crippen LogP contribution in [0.4, 0.5) is 0 Å². The molecule has 0 aromatic heterocycles. The Balaban J connectivity index is 2.16. The lowest BCUT2D eigenvalue weighted by molar-refractivity contribution is -0.133. The van der Waals surface area contributed by atoms with Gasteiger partial charge in [0.1, 0.15) is 5.75 Å². The number of carbonyl (C=O) groups is 2. The van der Waals surface area contributed by atoms with Crippen LogP contribution in [0.25, 0.3) is 0 Å². The maximum atomic E-state index is 11.4. The molecule has 0 aliphatic carbocycles. The molecule has 1 amide bonds. The van der Waals surface area contributed by atoms with Crippen LogP contribution in [-0.2, 0) is 9.59 Å². The first-order valence-electron chi connectivity index (χ1n) is 5.81. The van der Waals surface area contributed by atoms with Gasteiger partial charge in [-0.05, 0) is 24.3 Å². The first-order valence-corrected chi connectivity index (χ1v) is 6.96. The molecule has 20 heavy (non-hydrogen) atoms. The summed E-state index contributed by atoms with van der Waals surface area (Å²) in [4.78, 5) is 21.7. The number of carboxylic acids is 1. The highest BCUT2D eigenvalue weighted by atomic mass is 32.2. The molecule has 106 valence electrons. The summed E-state index contributed by atoms with van der Waals surface area (Å²) in [6, 6.07) is 8.44. The van der Waals surface area contributed by atoms with E-state index in [9.17, 15) is 9.59 Å².